The van der Waals surface area contributed by atoms with Gasteiger partial charge in [-0.3, -0.25) is 4.79 Å². The van der Waals surface area contributed by atoms with Gasteiger partial charge in [-0.05, 0) is 44.0 Å². The predicted octanol–water partition coefficient (Wildman–Crippen LogP) is 3.58. The Morgan fingerprint density at radius 1 is 1.20 bits per heavy atom. The van der Waals surface area contributed by atoms with Crippen LogP contribution in [0.2, 0.25) is 0 Å². The van der Waals surface area contributed by atoms with Crippen LogP contribution in [0.15, 0.2) is 24.3 Å². The van der Waals surface area contributed by atoms with E-state index in [9.17, 15) is 4.79 Å². The molecular weight excluding hydrogens is 250 g/mol. The van der Waals surface area contributed by atoms with E-state index in [1.54, 1.807) is 0 Å². The molecule has 3 nitrogen and oxygen atoms in total. The number of Topliss-reactive ketones (excluding diaryl/α,β-unsaturated/α-hetero) is 1. The molecule has 3 heteroatoms. The van der Waals surface area contributed by atoms with Crippen molar-refractivity contribution >= 4 is 5.78 Å². The van der Waals surface area contributed by atoms with Gasteiger partial charge < -0.3 is 10.1 Å². The zero-order valence-corrected chi connectivity index (χ0v) is 12.4. The standard InChI is InChI=1S/C17H25NO2/c1-2-20-16-10-8-14(9-11-16)17(19)12-13-18-15-6-4-3-5-7-15/h8-11,15,18H,2-7,12-13H2,1H3. The van der Waals surface area contributed by atoms with E-state index in [-0.39, 0.29) is 5.78 Å². The molecule has 0 spiro atoms. The third-order valence-corrected chi connectivity index (χ3v) is 3.88. The summed E-state index contributed by atoms with van der Waals surface area (Å²) in [6, 6.07) is 8.07. The number of hydrogen-bond acceptors (Lipinski definition) is 3. The summed E-state index contributed by atoms with van der Waals surface area (Å²) in [7, 11) is 0. The number of hydrogen-bond donors (Lipinski definition) is 1. The summed E-state index contributed by atoms with van der Waals surface area (Å²) in [6.07, 6.45) is 7.11. The average Bonchev–Trinajstić information content (AvgIpc) is 2.49. The average molecular weight is 275 g/mol. The molecule has 0 heterocycles. The minimum absolute atomic E-state index is 0.205. The fourth-order valence-corrected chi connectivity index (χ4v) is 2.74. The van der Waals surface area contributed by atoms with Gasteiger partial charge in [0.05, 0.1) is 6.61 Å². The lowest BCUT2D eigenvalue weighted by molar-refractivity contribution is 0.0981. The Bertz CT molecular complexity index is 408. The lowest BCUT2D eigenvalue weighted by Gasteiger charge is -2.22. The number of nitrogens with one attached hydrogen (secondary N) is 1. The van der Waals surface area contributed by atoms with Crippen molar-refractivity contribution in [3.8, 4) is 5.75 Å². The van der Waals surface area contributed by atoms with Gasteiger partial charge in [0, 0.05) is 24.6 Å². The van der Waals surface area contributed by atoms with Gasteiger partial charge in [-0.2, -0.15) is 0 Å². The van der Waals surface area contributed by atoms with Gasteiger partial charge in [-0.25, -0.2) is 0 Å². The Kier molecular flexibility index (Phi) is 6.06. The summed E-state index contributed by atoms with van der Waals surface area (Å²) in [5.74, 6) is 1.03. The second-order valence-corrected chi connectivity index (χ2v) is 5.42. The fraction of sp³-hybridized carbons (Fsp3) is 0.588. The van der Waals surface area contributed by atoms with Gasteiger partial charge in [-0.15, -0.1) is 0 Å². The number of rotatable bonds is 7. The third-order valence-electron chi connectivity index (χ3n) is 3.88. The Balaban J connectivity index is 1.73. The minimum atomic E-state index is 0.205. The first kappa shape index (κ1) is 15.0. The first-order valence-electron chi connectivity index (χ1n) is 7.79. The highest BCUT2D eigenvalue weighted by Gasteiger charge is 2.13. The van der Waals surface area contributed by atoms with E-state index in [1.165, 1.54) is 32.1 Å². The minimum Gasteiger partial charge on any atom is -0.494 e. The number of carbonyl (C=O) groups excluding carboxylic acids is 1. The van der Waals surface area contributed by atoms with E-state index in [4.69, 9.17) is 4.74 Å². The molecule has 1 aromatic carbocycles. The van der Waals surface area contributed by atoms with E-state index in [0.717, 1.165) is 17.9 Å². The van der Waals surface area contributed by atoms with Crippen molar-refractivity contribution in [3.63, 3.8) is 0 Å². The van der Waals surface area contributed by atoms with E-state index in [1.807, 2.05) is 31.2 Å². The molecule has 0 bridgehead atoms. The van der Waals surface area contributed by atoms with Crippen LogP contribution in [0.3, 0.4) is 0 Å². The molecule has 1 fully saturated rings. The maximum atomic E-state index is 12.1. The smallest absolute Gasteiger partial charge is 0.164 e. The van der Waals surface area contributed by atoms with Crippen LogP contribution in [-0.2, 0) is 0 Å². The monoisotopic (exact) mass is 275 g/mol. The molecule has 2 rings (SSSR count). The molecule has 0 atom stereocenters. The predicted molar refractivity (Wildman–Crippen MR) is 81.4 cm³/mol. The van der Waals surface area contributed by atoms with Crippen molar-refractivity contribution in [1.29, 1.82) is 0 Å². The zero-order valence-electron chi connectivity index (χ0n) is 12.4. The highest BCUT2D eigenvalue weighted by molar-refractivity contribution is 5.96. The Labute approximate surface area is 121 Å². The molecule has 0 amide bonds. The highest BCUT2D eigenvalue weighted by atomic mass is 16.5. The molecule has 1 saturated carbocycles. The molecule has 1 aliphatic rings. The van der Waals surface area contributed by atoms with Gasteiger partial charge >= 0.3 is 0 Å². The van der Waals surface area contributed by atoms with Crippen LogP contribution in [0.5, 0.6) is 5.75 Å². The van der Waals surface area contributed by atoms with Crippen molar-refractivity contribution in [2.45, 2.75) is 51.5 Å². The molecule has 0 aliphatic heterocycles. The van der Waals surface area contributed by atoms with Crippen molar-refractivity contribution in [2.75, 3.05) is 13.2 Å². The number of benzene rings is 1. The van der Waals surface area contributed by atoms with Crippen LogP contribution in [0.25, 0.3) is 0 Å². The van der Waals surface area contributed by atoms with Gasteiger partial charge in [0.1, 0.15) is 5.75 Å². The summed E-state index contributed by atoms with van der Waals surface area (Å²) in [5.41, 5.74) is 0.777. The van der Waals surface area contributed by atoms with Gasteiger partial charge in [0.25, 0.3) is 0 Å². The second kappa shape index (κ2) is 8.05. The first-order valence-corrected chi connectivity index (χ1v) is 7.79. The quantitative estimate of drug-likeness (QED) is 0.773. The van der Waals surface area contributed by atoms with Crippen LogP contribution in [0, 0.1) is 0 Å². The Hall–Kier alpha value is -1.35. The summed E-state index contributed by atoms with van der Waals surface area (Å²) in [4.78, 5) is 12.1. The van der Waals surface area contributed by atoms with Crippen molar-refractivity contribution in [2.24, 2.45) is 0 Å². The van der Waals surface area contributed by atoms with E-state index >= 15 is 0 Å². The number of carbonyl (C=O) groups is 1. The Morgan fingerprint density at radius 3 is 2.55 bits per heavy atom. The SMILES string of the molecule is CCOc1ccc(C(=O)CCNC2CCCCC2)cc1. The van der Waals surface area contributed by atoms with Gasteiger partial charge in [0.15, 0.2) is 5.78 Å². The molecule has 1 aliphatic carbocycles. The second-order valence-electron chi connectivity index (χ2n) is 5.42. The topological polar surface area (TPSA) is 38.3 Å². The zero-order chi connectivity index (χ0) is 14.2. The van der Waals surface area contributed by atoms with Crippen molar-refractivity contribution in [3.05, 3.63) is 29.8 Å². The summed E-state index contributed by atoms with van der Waals surface area (Å²) in [6.45, 7) is 3.39. The van der Waals surface area contributed by atoms with Crippen LogP contribution >= 0.6 is 0 Å². The van der Waals surface area contributed by atoms with E-state index in [0.29, 0.717) is 19.1 Å². The van der Waals surface area contributed by atoms with Crippen molar-refractivity contribution < 1.29 is 9.53 Å². The number of ether oxygens (including phenoxy) is 1. The van der Waals surface area contributed by atoms with Gasteiger partial charge in [0.2, 0.25) is 0 Å². The maximum Gasteiger partial charge on any atom is 0.164 e. The lowest BCUT2D eigenvalue weighted by atomic mass is 9.95. The molecule has 0 radical (unpaired) electrons. The molecular formula is C17H25NO2. The molecule has 20 heavy (non-hydrogen) atoms. The van der Waals surface area contributed by atoms with Crippen LogP contribution in [0.4, 0.5) is 0 Å². The number of ketones is 1. The van der Waals surface area contributed by atoms with E-state index in [2.05, 4.69) is 5.32 Å². The van der Waals surface area contributed by atoms with Crippen LogP contribution < -0.4 is 10.1 Å². The molecule has 1 N–H and O–H groups in total. The normalized spacial score (nSPS) is 16.1. The highest BCUT2D eigenvalue weighted by Crippen LogP contribution is 2.17. The van der Waals surface area contributed by atoms with Crippen molar-refractivity contribution in [1.82, 2.24) is 5.32 Å². The molecule has 0 saturated heterocycles. The molecule has 0 unspecified atom stereocenters. The largest absolute Gasteiger partial charge is 0.494 e. The Morgan fingerprint density at radius 2 is 1.90 bits per heavy atom. The summed E-state index contributed by atoms with van der Waals surface area (Å²) < 4.78 is 5.38. The van der Waals surface area contributed by atoms with Gasteiger partial charge in [-0.1, -0.05) is 19.3 Å². The maximum absolute atomic E-state index is 12.1. The fourth-order valence-electron chi connectivity index (χ4n) is 2.74. The first-order chi connectivity index (χ1) is 9.79. The van der Waals surface area contributed by atoms with Crippen LogP contribution in [0.1, 0.15) is 55.8 Å². The molecule has 110 valence electrons. The van der Waals surface area contributed by atoms with Crippen LogP contribution in [-0.4, -0.2) is 25.0 Å². The molecule has 1 aromatic rings. The molecule has 0 aromatic heterocycles. The van der Waals surface area contributed by atoms with E-state index < -0.39 is 0 Å². The third kappa shape index (κ3) is 4.64. The summed E-state index contributed by atoms with van der Waals surface area (Å²) in [5, 5.41) is 3.51. The lowest BCUT2D eigenvalue weighted by Crippen LogP contribution is -2.32. The summed E-state index contributed by atoms with van der Waals surface area (Å²) >= 11 is 0.